The molecule has 0 aromatic carbocycles. The summed E-state index contributed by atoms with van der Waals surface area (Å²) in [5.74, 6) is 0.557. The molecule has 2 aromatic rings. The molecule has 0 radical (unpaired) electrons. The molecule has 1 unspecified atom stereocenters. The van der Waals surface area contributed by atoms with Crippen LogP contribution in [0, 0.1) is 6.92 Å². The van der Waals surface area contributed by atoms with E-state index in [1.165, 1.54) is 6.33 Å². The molecule has 0 saturated carbocycles. The van der Waals surface area contributed by atoms with E-state index in [2.05, 4.69) is 28.9 Å². The van der Waals surface area contributed by atoms with Crippen LogP contribution < -0.4 is 0 Å². The van der Waals surface area contributed by atoms with Crippen LogP contribution in [0.4, 0.5) is 0 Å². The SMILES string of the molecule is CCC(C)Sc1c(C)c(Cl)nc2ncnn12. The van der Waals surface area contributed by atoms with Crippen LogP contribution in [0.3, 0.4) is 0 Å². The summed E-state index contributed by atoms with van der Waals surface area (Å²) in [6.07, 6.45) is 2.60. The van der Waals surface area contributed by atoms with Gasteiger partial charge in [-0.15, -0.1) is 11.8 Å². The maximum absolute atomic E-state index is 6.07. The van der Waals surface area contributed by atoms with Crippen molar-refractivity contribution < 1.29 is 0 Å². The zero-order chi connectivity index (χ0) is 11.7. The largest absolute Gasteiger partial charge is 0.254 e. The van der Waals surface area contributed by atoms with Crippen molar-refractivity contribution in [2.75, 3.05) is 0 Å². The summed E-state index contributed by atoms with van der Waals surface area (Å²) < 4.78 is 1.75. The Hall–Kier alpha value is -0.810. The molecule has 2 heterocycles. The van der Waals surface area contributed by atoms with Crippen molar-refractivity contribution in [2.45, 2.75) is 37.5 Å². The first-order valence-electron chi connectivity index (χ1n) is 5.16. The van der Waals surface area contributed by atoms with Crippen molar-refractivity contribution in [3.63, 3.8) is 0 Å². The fourth-order valence-electron chi connectivity index (χ4n) is 1.29. The van der Waals surface area contributed by atoms with Crippen molar-refractivity contribution in [3.05, 3.63) is 17.0 Å². The van der Waals surface area contributed by atoms with Gasteiger partial charge in [-0.05, 0) is 13.3 Å². The molecule has 0 bridgehead atoms. The Kier molecular flexibility index (Phi) is 3.35. The molecule has 0 N–H and O–H groups in total. The third kappa shape index (κ3) is 2.01. The Labute approximate surface area is 103 Å². The maximum atomic E-state index is 6.07. The normalized spacial score (nSPS) is 13.2. The Morgan fingerprint density at radius 2 is 2.31 bits per heavy atom. The Morgan fingerprint density at radius 3 is 3.00 bits per heavy atom. The van der Waals surface area contributed by atoms with Gasteiger partial charge in [-0.25, -0.2) is 0 Å². The van der Waals surface area contributed by atoms with Gasteiger partial charge in [0.2, 0.25) is 0 Å². The Bertz CT molecular complexity index is 511. The van der Waals surface area contributed by atoms with E-state index in [0.717, 1.165) is 17.0 Å². The molecule has 0 spiro atoms. The smallest absolute Gasteiger partial charge is 0.199 e. The highest BCUT2D eigenvalue weighted by molar-refractivity contribution is 7.99. The number of halogens is 1. The Balaban J connectivity index is 2.55. The van der Waals surface area contributed by atoms with Crippen LogP contribution in [0.25, 0.3) is 5.78 Å². The third-order valence-electron chi connectivity index (χ3n) is 2.44. The van der Waals surface area contributed by atoms with Gasteiger partial charge in [-0.1, -0.05) is 25.4 Å². The molecule has 86 valence electrons. The summed E-state index contributed by atoms with van der Waals surface area (Å²) >= 11 is 7.83. The van der Waals surface area contributed by atoms with E-state index in [9.17, 15) is 0 Å². The maximum Gasteiger partial charge on any atom is 0.254 e. The topological polar surface area (TPSA) is 43.1 Å². The quantitative estimate of drug-likeness (QED) is 0.626. The first kappa shape index (κ1) is 11.7. The average molecular weight is 257 g/mol. The number of rotatable bonds is 3. The minimum Gasteiger partial charge on any atom is -0.199 e. The van der Waals surface area contributed by atoms with Crippen molar-refractivity contribution in [1.29, 1.82) is 0 Å². The molecule has 4 nitrogen and oxygen atoms in total. The zero-order valence-electron chi connectivity index (χ0n) is 9.44. The average Bonchev–Trinajstić information content (AvgIpc) is 2.71. The first-order valence-corrected chi connectivity index (χ1v) is 6.41. The molecule has 1 atom stereocenters. The summed E-state index contributed by atoms with van der Waals surface area (Å²) in [5, 5.41) is 6.22. The molecule has 0 amide bonds. The molecular formula is C10H13ClN4S. The lowest BCUT2D eigenvalue weighted by atomic mass is 10.4. The standard InChI is InChI=1S/C10H13ClN4S/c1-4-6(2)16-9-7(3)8(11)14-10-12-5-13-15(9)10/h5-6H,4H2,1-3H3. The van der Waals surface area contributed by atoms with E-state index in [-0.39, 0.29) is 0 Å². The van der Waals surface area contributed by atoms with Gasteiger partial charge in [0.05, 0.1) is 0 Å². The van der Waals surface area contributed by atoms with E-state index in [0.29, 0.717) is 16.2 Å². The van der Waals surface area contributed by atoms with Gasteiger partial charge < -0.3 is 0 Å². The van der Waals surface area contributed by atoms with Crippen molar-refractivity contribution in [2.24, 2.45) is 0 Å². The second kappa shape index (κ2) is 4.59. The first-order chi connectivity index (χ1) is 7.63. The van der Waals surface area contributed by atoms with Gasteiger partial charge in [-0.2, -0.15) is 19.6 Å². The fraction of sp³-hybridized carbons (Fsp3) is 0.500. The number of fused-ring (bicyclic) bond motifs is 1. The molecule has 16 heavy (non-hydrogen) atoms. The molecular weight excluding hydrogens is 244 g/mol. The minimum absolute atomic E-state index is 0.506. The lowest BCUT2D eigenvalue weighted by molar-refractivity contribution is 0.814. The van der Waals surface area contributed by atoms with Gasteiger partial charge in [0.1, 0.15) is 16.5 Å². The lowest BCUT2D eigenvalue weighted by Gasteiger charge is -2.12. The van der Waals surface area contributed by atoms with E-state index in [4.69, 9.17) is 11.6 Å². The third-order valence-corrected chi connectivity index (χ3v) is 4.24. The lowest BCUT2D eigenvalue weighted by Crippen LogP contribution is -2.03. The monoisotopic (exact) mass is 256 g/mol. The molecule has 0 aliphatic heterocycles. The molecule has 6 heteroatoms. The van der Waals surface area contributed by atoms with Crippen LogP contribution in [0.15, 0.2) is 11.4 Å². The van der Waals surface area contributed by atoms with Crippen molar-refractivity contribution in [1.82, 2.24) is 19.6 Å². The number of hydrogen-bond acceptors (Lipinski definition) is 4. The van der Waals surface area contributed by atoms with Crippen LogP contribution in [-0.4, -0.2) is 24.8 Å². The molecule has 2 aromatic heterocycles. The summed E-state index contributed by atoms with van der Waals surface area (Å²) in [4.78, 5) is 8.23. The molecule has 0 saturated heterocycles. The van der Waals surface area contributed by atoms with Crippen LogP contribution in [0.1, 0.15) is 25.8 Å². The number of nitrogens with zero attached hydrogens (tertiary/aromatic N) is 4. The highest BCUT2D eigenvalue weighted by atomic mass is 35.5. The van der Waals surface area contributed by atoms with Crippen molar-refractivity contribution in [3.8, 4) is 0 Å². The predicted molar refractivity (Wildman–Crippen MR) is 66.1 cm³/mol. The highest BCUT2D eigenvalue weighted by Gasteiger charge is 2.14. The van der Waals surface area contributed by atoms with Crippen LogP contribution in [0.5, 0.6) is 0 Å². The number of thioether (sulfide) groups is 1. The van der Waals surface area contributed by atoms with Gasteiger partial charge in [0.15, 0.2) is 0 Å². The Morgan fingerprint density at radius 1 is 1.56 bits per heavy atom. The second-order valence-electron chi connectivity index (χ2n) is 3.64. The fourth-order valence-corrected chi connectivity index (χ4v) is 2.56. The van der Waals surface area contributed by atoms with Gasteiger partial charge in [0, 0.05) is 10.8 Å². The van der Waals surface area contributed by atoms with E-state index in [1.807, 2.05) is 6.92 Å². The molecule has 0 aliphatic rings. The highest BCUT2D eigenvalue weighted by Crippen LogP contribution is 2.30. The summed E-state index contributed by atoms with van der Waals surface area (Å²) in [7, 11) is 0. The van der Waals surface area contributed by atoms with Gasteiger partial charge in [-0.3, -0.25) is 0 Å². The molecule has 2 rings (SSSR count). The minimum atomic E-state index is 0.506. The molecule has 0 fully saturated rings. The van der Waals surface area contributed by atoms with Crippen LogP contribution >= 0.6 is 23.4 Å². The number of hydrogen-bond donors (Lipinski definition) is 0. The predicted octanol–water partition coefficient (Wildman–Crippen LogP) is 2.98. The van der Waals surface area contributed by atoms with E-state index in [1.54, 1.807) is 16.3 Å². The van der Waals surface area contributed by atoms with E-state index >= 15 is 0 Å². The second-order valence-corrected chi connectivity index (χ2v) is 5.43. The summed E-state index contributed by atoms with van der Waals surface area (Å²) in [6.45, 7) is 6.30. The number of aromatic nitrogens is 4. The van der Waals surface area contributed by atoms with Gasteiger partial charge >= 0.3 is 0 Å². The summed E-state index contributed by atoms with van der Waals surface area (Å²) in [6, 6.07) is 0. The van der Waals surface area contributed by atoms with Gasteiger partial charge in [0.25, 0.3) is 5.78 Å². The van der Waals surface area contributed by atoms with Crippen LogP contribution in [-0.2, 0) is 0 Å². The zero-order valence-corrected chi connectivity index (χ0v) is 11.0. The van der Waals surface area contributed by atoms with Crippen molar-refractivity contribution >= 4 is 29.1 Å². The van der Waals surface area contributed by atoms with Crippen LogP contribution in [0.2, 0.25) is 5.15 Å². The summed E-state index contributed by atoms with van der Waals surface area (Å²) in [5.41, 5.74) is 0.963. The molecule has 0 aliphatic carbocycles. The van der Waals surface area contributed by atoms with E-state index < -0.39 is 0 Å².